The van der Waals surface area contributed by atoms with Crippen LogP contribution < -0.4 is 0 Å². The minimum Gasteiger partial charge on any atom is -0.342 e. The second-order valence-electron chi connectivity index (χ2n) is 9.59. The van der Waals surface area contributed by atoms with E-state index in [9.17, 15) is 4.79 Å². The second kappa shape index (κ2) is 9.71. The lowest BCUT2D eigenvalue weighted by Crippen LogP contribution is -2.55. The van der Waals surface area contributed by atoms with Crippen molar-refractivity contribution in [3.05, 3.63) is 0 Å². The summed E-state index contributed by atoms with van der Waals surface area (Å²) in [6.07, 6.45) is 7.53. The molecule has 1 aliphatic carbocycles. The van der Waals surface area contributed by atoms with Gasteiger partial charge in [0.15, 0.2) is 0 Å². The highest BCUT2D eigenvalue weighted by Gasteiger charge is 2.30. The van der Waals surface area contributed by atoms with Gasteiger partial charge < -0.3 is 9.80 Å². The van der Waals surface area contributed by atoms with Gasteiger partial charge >= 0.3 is 0 Å². The highest BCUT2D eigenvalue weighted by Crippen LogP contribution is 2.26. The molecule has 0 bridgehead atoms. The third-order valence-electron chi connectivity index (χ3n) is 7.44. The Balaban J connectivity index is 1.37. The van der Waals surface area contributed by atoms with E-state index >= 15 is 0 Å². The van der Waals surface area contributed by atoms with E-state index in [0.29, 0.717) is 24.5 Å². The number of hydrogen-bond donors (Lipinski definition) is 0. The van der Waals surface area contributed by atoms with Gasteiger partial charge in [-0.25, -0.2) is 0 Å². The molecule has 0 unspecified atom stereocenters. The summed E-state index contributed by atoms with van der Waals surface area (Å²) in [7, 11) is 2.03. The number of carbonyl (C=O) groups excluding carboxylic acids is 1. The van der Waals surface area contributed by atoms with E-state index in [-0.39, 0.29) is 0 Å². The van der Waals surface area contributed by atoms with Gasteiger partial charge in [-0.1, -0.05) is 6.92 Å². The number of piperidine rings is 1. The third kappa shape index (κ3) is 5.68. The maximum absolute atomic E-state index is 12.7. The topological polar surface area (TPSA) is 30.0 Å². The van der Waals surface area contributed by atoms with Crippen LogP contribution in [-0.2, 0) is 4.79 Å². The first kappa shape index (κ1) is 21.1. The lowest BCUT2D eigenvalue weighted by Gasteiger charge is -2.43. The largest absolute Gasteiger partial charge is 0.342 e. The number of likely N-dealkylation sites (N-methyl/N-ethyl adjacent to an activating group) is 1. The zero-order chi connectivity index (χ0) is 19.4. The molecule has 0 radical (unpaired) electrons. The summed E-state index contributed by atoms with van der Waals surface area (Å²) in [6, 6.07) is 1.91. The van der Waals surface area contributed by atoms with E-state index in [1.165, 1.54) is 51.6 Å². The van der Waals surface area contributed by atoms with Gasteiger partial charge in [-0.2, -0.15) is 0 Å². The number of carbonyl (C=O) groups is 1. The molecule has 0 atom stereocenters. The molecule has 0 aromatic rings. The Morgan fingerprint density at radius 1 is 0.926 bits per heavy atom. The fourth-order valence-corrected chi connectivity index (χ4v) is 5.19. The van der Waals surface area contributed by atoms with Gasteiger partial charge in [-0.05, 0) is 71.4 Å². The zero-order valence-corrected chi connectivity index (χ0v) is 18.2. The van der Waals surface area contributed by atoms with E-state index in [1.807, 2.05) is 7.05 Å². The number of piperazine rings is 1. The summed E-state index contributed by atoms with van der Waals surface area (Å²) in [4.78, 5) is 22.5. The smallest absolute Gasteiger partial charge is 0.236 e. The van der Waals surface area contributed by atoms with Crippen molar-refractivity contribution in [3.8, 4) is 0 Å². The van der Waals surface area contributed by atoms with Crippen molar-refractivity contribution < 1.29 is 4.79 Å². The molecule has 2 heterocycles. The predicted molar refractivity (Wildman–Crippen MR) is 112 cm³/mol. The minimum atomic E-state index is 0.327. The molecule has 0 aromatic carbocycles. The van der Waals surface area contributed by atoms with Gasteiger partial charge in [0, 0.05) is 51.4 Å². The fourth-order valence-electron chi connectivity index (χ4n) is 5.19. The summed E-state index contributed by atoms with van der Waals surface area (Å²) >= 11 is 0. The summed E-state index contributed by atoms with van der Waals surface area (Å²) in [5, 5.41) is 0. The van der Waals surface area contributed by atoms with Gasteiger partial charge in [0.25, 0.3) is 0 Å². The molecule has 0 spiro atoms. The van der Waals surface area contributed by atoms with Crippen LogP contribution in [0.1, 0.15) is 59.3 Å². The molecule has 3 fully saturated rings. The Morgan fingerprint density at radius 3 is 2.07 bits per heavy atom. The second-order valence-corrected chi connectivity index (χ2v) is 9.59. The van der Waals surface area contributed by atoms with Crippen molar-refractivity contribution in [2.75, 3.05) is 52.9 Å². The average molecular weight is 379 g/mol. The van der Waals surface area contributed by atoms with Crippen LogP contribution in [0.5, 0.6) is 0 Å². The Bertz CT molecular complexity index is 459. The first-order chi connectivity index (χ1) is 12.9. The SMILES string of the molecule is CC1CCC(N(C)C(=O)CN2CCN(C3CCN(C(C)C)CC3)CC2)CC1. The Kier molecular flexibility index (Phi) is 7.57. The molecule has 2 aliphatic heterocycles. The highest BCUT2D eigenvalue weighted by atomic mass is 16.2. The molecular formula is C22H42N4O. The molecule has 2 saturated heterocycles. The van der Waals surface area contributed by atoms with Crippen molar-refractivity contribution in [3.63, 3.8) is 0 Å². The van der Waals surface area contributed by atoms with E-state index in [0.717, 1.165) is 38.1 Å². The molecular weight excluding hydrogens is 336 g/mol. The average Bonchev–Trinajstić information content (AvgIpc) is 2.68. The first-order valence-electron chi connectivity index (χ1n) is 11.4. The molecule has 156 valence electrons. The number of likely N-dealkylation sites (tertiary alicyclic amines) is 1. The number of nitrogens with zero attached hydrogens (tertiary/aromatic N) is 4. The molecule has 5 heteroatoms. The lowest BCUT2D eigenvalue weighted by molar-refractivity contribution is -0.134. The van der Waals surface area contributed by atoms with Crippen molar-refractivity contribution >= 4 is 5.91 Å². The standard InChI is InChI=1S/C22H42N4O/c1-18(2)25-11-9-21(10-12-25)26-15-13-24(14-16-26)17-22(27)23(4)20-7-5-19(3)6-8-20/h18-21H,5-17H2,1-4H3. The molecule has 3 rings (SSSR count). The number of hydrogen-bond acceptors (Lipinski definition) is 4. The maximum atomic E-state index is 12.7. The van der Waals surface area contributed by atoms with Crippen molar-refractivity contribution in [1.29, 1.82) is 0 Å². The van der Waals surface area contributed by atoms with Crippen molar-refractivity contribution in [2.24, 2.45) is 5.92 Å². The first-order valence-corrected chi connectivity index (χ1v) is 11.4. The Labute approximate surface area is 167 Å². The van der Waals surface area contributed by atoms with E-state index in [2.05, 4.69) is 40.4 Å². The fraction of sp³-hybridized carbons (Fsp3) is 0.955. The molecule has 0 N–H and O–H groups in total. The van der Waals surface area contributed by atoms with Crippen LogP contribution in [0.25, 0.3) is 0 Å². The monoisotopic (exact) mass is 378 g/mol. The number of rotatable bonds is 5. The third-order valence-corrected chi connectivity index (χ3v) is 7.44. The van der Waals surface area contributed by atoms with E-state index in [1.54, 1.807) is 0 Å². The van der Waals surface area contributed by atoms with Gasteiger partial charge in [0.05, 0.1) is 6.54 Å². The quantitative estimate of drug-likeness (QED) is 0.735. The van der Waals surface area contributed by atoms with Crippen LogP contribution in [0.2, 0.25) is 0 Å². The normalized spacial score (nSPS) is 30.0. The summed E-state index contributed by atoms with van der Waals surface area (Å²) in [5.41, 5.74) is 0. The van der Waals surface area contributed by atoms with Crippen LogP contribution in [-0.4, -0.2) is 96.5 Å². The molecule has 1 amide bonds. The van der Waals surface area contributed by atoms with Crippen LogP contribution >= 0.6 is 0 Å². The van der Waals surface area contributed by atoms with Crippen molar-refractivity contribution in [2.45, 2.75) is 77.4 Å². The maximum Gasteiger partial charge on any atom is 0.236 e. The van der Waals surface area contributed by atoms with Crippen LogP contribution in [0.4, 0.5) is 0 Å². The summed E-state index contributed by atoms with van der Waals surface area (Å²) in [6.45, 7) is 14.4. The van der Waals surface area contributed by atoms with Crippen molar-refractivity contribution in [1.82, 2.24) is 19.6 Å². The number of amides is 1. The zero-order valence-electron chi connectivity index (χ0n) is 18.2. The molecule has 3 aliphatic rings. The lowest BCUT2D eigenvalue weighted by atomic mass is 9.87. The highest BCUT2D eigenvalue weighted by molar-refractivity contribution is 5.78. The molecule has 5 nitrogen and oxygen atoms in total. The van der Waals surface area contributed by atoms with Crippen LogP contribution in [0, 0.1) is 5.92 Å². The Hall–Kier alpha value is -0.650. The summed E-state index contributed by atoms with van der Waals surface area (Å²) in [5.74, 6) is 1.17. The van der Waals surface area contributed by atoms with Gasteiger partial charge in [-0.15, -0.1) is 0 Å². The van der Waals surface area contributed by atoms with Crippen LogP contribution in [0.3, 0.4) is 0 Å². The van der Waals surface area contributed by atoms with Gasteiger partial charge in [0.2, 0.25) is 5.91 Å². The van der Waals surface area contributed by atoms with E-state index < -0.39 is 0 Å². The van der Waals surface area contributed by atoms with Gasteiger partial charge in [-0.3, -0.25) is 14.6 Å². The molecule has 27 heavy (non-hydrogen) atoms. The summed E-state index contributed by atoms with van der Waals surface area (Å²) < 4.78 is 0. The molecule has 1 saturated carbocycles. The molecule has 0 aromatic heterocycles. The van der Waals surface area contributed by atoms with Gasteiger partial charge in [0.1, 0.15) is 0 Å². The minimum absolute atomic E-state index is 0.327. The van der Waals surface area contributed by atoms with Crippen LogP contribution in [0.15, 0.2) is 0 Å². The predicted octanol–water partition coefficient (Wildman–Crippen LogP) is 2.51. The van der Waals surface area contributed by atoms with E-state index in [4.69, 9.17) is 0 Å². The Morgan fingerprint density at radius 2 is 1.52 bits per heavy atom.